The monoisotopic (exact) mass is 273 g/mol. The topological polar surface area (TPSA) is 71.8 Å². The standard InChI is InChI=1S/C14H19N5O/c1-3-11(2)16-14(20)17-13-7-9-19(18-13)10-12-6-4-5-8-15-12/h4-9,11H,3,10H2,1-2H3,(H2,16,17,18,20). The molecule has 0 aliphatic heterocycles. The van der Waals surface area contributed by atoms with Crippen LogP contribution >= 0.6 is 0 Å². The molecule has 0 bridgehead atoms. The molecule has 0 saturated heterocycles. The van der Waals surface area contributed by atoms with Crippen LogP contribution in [0, 0.1) is 0 Å². The highest BCUT2D eigenvalue weighted by molar-refractivity contribution is 5.88. The Bertz CT molecular complexity index is 552. The SMILES string of the molecule is CCC(C)NC(=O)Nc1ccn(Cc2ccccn2)n1. The molecule has 0 spiro atoms. The van der Waals surface area contributed by atoms with Gasteiger partial charge < -0.3 is 5.32 Å². The van der Waals surface area contributed by atoms with Gasteiger partial charge in [-0.15, -0.1) is 0 Å². The van der Waals surface area contributed by atoms with Crippen LogP contribution in [0.5, 0.6) is 0 Å². The summed E-state index contributed by atoms with van der Waals surface area (Å²) in [4.78, 5) is 15.9. The number of nitrogens with one attached hydrogen (secondary N) is 2. The molecular formula is C14H19N5O. The summed E-state index contributed by atoms with van der Waals surface area (Å²) in [5, 5.41) is 9.82. The lowest BCUT2D eigenvalue weighted by Crippen LogP contribution is -2.35. The van der Waals surface area contributed by atoms with E-state index in [0.29, 0.717) is 12.4 Å². The van der Waals surface area contributed by atoms with E-state index < -0.39 is 0 Å². The number of urea groups is 1. The predicted octanol–water partition coefficient (Wildman–Crippen LogP) is 2.25. The second-order valence-electron chi connectivity index (χ2n) is 4.63. The van der Waals surface area contributed by atoms with E-state index in [1.807, 2.05) is 38.2 Å². The molecule has 0 saturated carbocycles. The lowest BCUT2D eigenvalue weighted by Gasteiger charge is -2.11. The molecule has 2 amide bonds. The molecule has 0 radical (unpaired) electrons. The van der Waals surface area contributed by atoms with Gasteiger partial charge in [-0.2, -0.15) is 5.10 Å². The molecule has 6 nitrogen and oxygen atoms in total. The van der Waals surface area contributed by atoms with Gasteiger partial charge in [-0.05, 0) is 25.5 Å². The fourth-order valence-electron chi connectivity index (χ4n) is 1.65. The van der Waals surface area contributed by atoms with Crippen LogP contribution in [0.25, 0.3) is 0 Å². The zero-order valence-corrected chi connectivity index (χ0v) is 11.7. The van der Waals surface area contributed by atoms with E-state index in [0.717, 1.165) is 12.1 Å². The Morgan fingerprint density at radius 1 is 1.40 bits per heavy atom. The van der Waals surface area contributed by atoms with Gasteiger partial charge in [0.2, 0.25) is 0 Å². The van der Waals surface area contributed by atoms with Gasteiger partial charge in [0.15, 0.2) is 5.82 Å². The first-order chi connectivity index (χ1) is 9.67. The Balaban J connectivity index is 1.91. The van der Waals surface area contributed by atoms with Crippen molar-refractivity contribution in [3.05, 3.63) is 42.4 Å². The zero-order valence-electron chi connectivity index (χ0n) is 11.7. The van der Waals surface area contributed by atoms with E-state index in [9.17, 15) is 4.79 Å². The highest BCUT2D eigenvalue weighted by atomic mass is 16.2. The molecule has 2 aromatic rings. The van der Waals surface area contributed by atoms with Gasteiger partial charge >= 0.3 is 6.03 Å². The van der Waals surface area contributed by atoms with Crippen molar-refractivity contribution in [3.63, 3.8) is 0 Å². The molecule has 2 aromatic heterocycles. The molecule has 0 aromatic carbocycles. The first-order valence-corrected chi connectivity index (χ1v) is 6.68. The Morgan fingerprint density at radius 3 is 2.95 bits per heavy atom. The van der Waals surface area contributed by atoms with E-state index in [1.54, 1.807) is 16.9 Å². The smallest absolute Gasteiger partial charge is 0.320 e. The molecule has 0 aliphatic carbocycles. The summed E-state index contributed by atoms with van der Waals surface area (Å²) >= 11 is 0. The minimum Gasteiger partial charge on any atom is -0.335 e. The van der Waals surface area contributed by atoms with E-state index in [-0.39, 0.29) is 12.1 Å². The number of anilines is 1. The van der Waals surface area contributed by atoms with E-state index in [4.69, 9.17) is 0 Å². The Hall–Kier alpha value is -2.37. The molecule has 6 heteroatoms. The van der Waals surface area contributed by atoms with Crippen LogP contribution in [0.3, 0.4) is 0 Å². The summed E-state index contributed by atoms with van der Waals surface area (Å²) < 4.78 is 1.74. The molecule has 1 atom stereocenters. The Kier molecular flexibility index (Phi) is 4.70. The van der Waals surface area contributed by atoms with E-state index >= 15 is 0 Å². The zero-order chi connectivity index (χ0) is 14.4. The number of amides is 2. The molecule has 2 N–H and O–H groups in total. The average molecular weight is 273 g/mol. The summed E-state index contributed by atoms with van der Waals surface area (Å²) in [6.07, 6.45) is 4.45. The van der Waals surface area contributed by atoms with Crippen molar-refractivity contribution < 1.29 is 4.79 Å². The number of rotatable bonds is 5. The van der Waals surface area contributed by atoms with Crippen molar-refractivity contribution in [2.45, 2.75) is 32.9 Å². The van der Waals surface area contributed by atoms with Gasteiger partial charge in [0, 0.05) is 24.5 Å². The Labute approximate surface area is 118 Å². The molecule has 20 heavy (non-hydrogen) atoms. The molecular weight excluding hydrogens is 254 g/mol. The third-order valence-electron chi connectivity index (χ3n) is 2.92. The molecule has 0 aliphatic rings. The largest absolute Gasteiger partial charge is 0.335 e. The number of hydrogen-bond donors (Lipinski definition) is 2. The van der Waals surface area contributed by atoms with Crippen molar-refractivity contribution in [3.8, 4) is 0 Å². The van der Waals surface area contributed by atoms with Gasteiger partial charge in [0.25, 0.3) is 0 Å². The maximum absolute atomic E-state index is 11.7. The van der Waals surface area contributed by atoms with Gasteiger partial charge in [-0.3, -0.25) is 15.0 Å². The van der Waals surface area contributed by atoms with Crippen LogP contribution in [-0.2, 0) is 6.54 Å². The van der Waals surface area contributed by atoms with Crippen molar-refractivity contribution in [1.82, 2.24) is 20.1 Å². The van der Waals surface area contributed by atoms with E-state index in [1.165, 1.54) is 0 Å². The number of carbonyl (C=O) groups excluding carboxylic acids is 1. The van der Waals surface area contributed by atoms with Crippen LogP contribution in [0.1, 0.15) is 26.0 Å². The van der Waals surface area contributed by atoms with Crippen LogP contribution in [0.2, 0.25) is 0 Å². The molecule has 1 unspecified atom stereocenters. The maximum Gasteiger partial charge on any atom is 0.320 e. The summed E-state index contributed by atoms with van der Waals surface area (Å²) in [6, 6.07) is 7.42. The van der Waals surface area contributed by atoms with Crippen molar-refractivity contribution in [2.24, 2.45) is 0 Å². The highest BCUT2D eigenvalue weighted by Gasteiger charge is 2.07. The van der Waals surface area contributed by atoms with Gasteiger partial charge in [0.1, 0.15) is 0 Å². The van der Waals surface area contributed by atoms with E-state index in [2.05, 4.69) is 20.7 Å². The van der Waals surface area contributed by atoms with Crippen LogP contribution in [0.15, 0.2) is 36.7 Å². The number of pyridine rings is 1. The number of nitrogens with zero attached hydrogens (tertiary/aromatic N) is 3. The second kappa shape index (κ2) is 6.70. The average Bonchev–Trinajstić information content (AvgIpc) is 2.86. The predicted molar refractivity (Wildman–Crippen MR) is 77.5 cm³/mol. The molecule has 2 rings (SSSR count). The minimum absolute atomic E-state index is 0.144. The van der Waals surface area contributed by atoms with Gasteiger partial charge in [0.05, 0.1) is 12.2 Å². The normalized spacial score (nSPS) is 11.9. The van der Waals surface area contributed by atoms with Crippen LogP contribution < -0.4 is 10.6 Å². The quantitative estimate of drug-likeness (QED) is 0.877. The summed E-state index contributed by atoms with van der Waals surface area (Å²) in [5.74, 6) is 0.529. The summed E-state index contributed by atoms with van der Waals surface area (Å²) in [7, 11) is 0. The lowest BCUT2D eigenvalue weighted by molar-refractivity contribution is 0.249. The van der Waals surface area contributed by atoms with Crippen molar-refractivity contribution >= 4 is 11.8 Å². The van der Waals surface area contributed by atoms with Gasteiger partial charge in [-0.1, -0.05) is 13.0 Å². The lowest BCUT2D eigenvalue weighted by atomic mass is 10.3. The van der Waals surface area contributed by atoms with Crippen molar-refractivity contribution in [2.75, 3.05) is 5.32 Å². The third kappa shape index (κ3) is 4.08. The Morgan fingerprint density at radius 2 is 2.25 bits per heavy atom. The second-order valence-corrected chi connectivity index (χ2v) is 4.63. The fourth-order valence-corrected chi connectivity index (χ4v) is 1.65. The first kappa shape index (κ1) is 14.0. The number of carbonyl (C=O) groups is 1. The third-order valence-corrected chi connectivity index (χ3v) is 2.92. The number of hydrogen-bond acceptors (Lipinski definition) is 3. The fraction of sp³-hybridized carbons (Fsp3) is 0.357. The van der Waals surface area contributed by atoms with Crippen molar-refractivity contribution in [1.29, 1.82) is 0 Å². The minimum atomic E-state index is -0.234. The molecule has 2 heterocycles. The first-order valence-electron chi connectivity index (χ1n) is 6.68. The summed E-state index contributed by atoms with van der Waals surface area (Å²) in [5.41, 5.74) is 0.922. The summed E-state index contributed by atoms with van der Waals surface area (Å²) in [6.45, 7) is 4.56. The molecule has 106 valence electrons. The maximum atomic E-state index is 11.7. The van der Waals surface area contributed by atoms with Crippen LogP contribution in [0.4, 0.5) is 10.6 Å². The highest BCUT2D eigenvalue weighted by Crippen LogP contribution is 2.05. The molecule has 0 fully saturated rings. The van der Waals surface area contributed by atoms with Gasteiger partial charge in [-0.25, -0.2) is 4.79 Å². The number of aromatic nitrogens is 3. The van der Waals surface area contributed by atoms with Crippen LogP contribution in [-0.4, -0.2) is 26.8 Å².